The maximum absolute atomic E-state index is 9.75. The molecule has 0 aromatic carbocycles. The summed E-state index contributed by atoms with van der Waals surface area (Å²) in [7, 11) is -3.83. The molecule has 0 atom stereocenters. The fraction of sp³-hybridized carbons (Fsp3) is 1.00. The second-order valence-electron chi connectivity index (χ2n) is 6.29. The first-order valence-corrected chi connectivity index (χ1v) is 9.57. The number of hydrogen-bond donors (Lipinski definition) is 1. The van der Waals surface area contributed by atoms with Gasteiger partial charge in [-0.25, -0.2) is 0 Å². The highest BCUT2D eigenvalue weighted by Crippen LogP contribution is 2.12. The second kappa shape index (κ2) is 19.8. The summed E-state index contributed by atoms with van der Waals surface area (Å²) in [6.45, 7) is 3.61. The van der Waals surface area contributed by atoms with E-state index < -0.39 is 7.25 Å². The molecule has 6 heteroatoms. The third-order valence-corrected chi connectivity index (χ3v) is 3.85. The van der Waals surface area contributed by atoms with Crippen molar-refractivity contribution < 1.29 is 22.6 Å². The van der Waals surface area contributed by atoms with Gasteiger partial charge in [-0.1, -0.05) is 84.0 Å². The van der Waals surface area contributed by atoms with Crippen molar-refractivity contribution in [2.45, 2.75) is 96.8 Å². The Labute approximate surface area is 141 Å². The zero-order valence-electron chi connectivity index (χ0n) is 15.3. The van der Waals surface area contributed by atoms with Crippen molar-refractivity contribution in [3.63, 3.8) is 0 Å². The van der Waals surface area contributed by atoms with Gasteiger partial charge in [0, 0.05) is 0 Å². The maximum Gasteiger partial charge on any atom is 0.673 e. The van der Waals surface area contributed by atoms with E-state index in [9.17, 15) is 17.3 Å². The van der Waals surface area contributed by atoms with Gasteiger partial charge in [0.25, 0.3) is 0 Å². The predicted octanol–water partition coefficient (Wildman–Crippen LogP) is 5.96. The largest absolute Gasteiger partial charge is 0.673 e. The van der Waals surface area contributed by atoms with Crippen LogP contribution in [0.2, 0.25) is 0 Å². The number of rotatable bonds is 15. The van der Waals surface area contributed by atoms with Crippen LogP contribution in [0.4, 0.5) is 17.3 Å². The monoisotopic (exact) mass is 343 g/mol. The van der Waals surface area contributed by atoms with Crippen molar-refractivity contribution in [2.75, 3.05) is 13.6 Å². The highest BCUT2D eigenvalue weighted by atomic mass is 19.5. The maximum atomic E-state index is 9.75. The first kappa shape index (κ1) is 25.0. The minimum absolute atomic E-state index is 1.32. The Morgan fingerprint density at radius 1 is 0.565 bits per heavy atom. The summed E-state index contributed by atoms with van der Waals surface area (Å²) in [5, 5.41) is 2.29. The summed E-state index contributed by atoms with van der Waals surface area (Å²) in [5.41, 5.74) is 0. The Morgan fingerprint density at radius 3 is 1.09 bits per heavy atom. The lowest BCUT2D eigenvalue weighted by atomic mass is 10.0. The van der Waals surface area contributed by atoms with Crippen LogP contribution in [-0.4, -0.2) is 20.8 Å². The molecule has 0 fully saturated rings. The summed E-state index contributed by atoms with van der Waals surface area (Å²) >= 11 is 0. The Balaban J connectivity index is 0. The highest BCUT2D eigenvalue weighted by Gasteiger charge is 2.20. The molecule has 23 heavy (non-hydrogen) atoms. The molecule has 0 bridgehead atoms. The van der Waals surface area contributed by atoms with Gasteiger partial charge in [-0.2, -0.15) is 0 Å². The van der Waals surface area contributed by atoms with E-state index in [2.05, 4.69) is 19.3 Å². The van der Waals surface area contributed by atoms with E-state index in [-0.39, 0.29) is 0 Å². The van der Waals surface area contributed by atoms with E-state index in [1.165, 1.54) is 96.4 Å². The van der Waals surface area contributed by atoms with E-state index in [0.29, 0.717) is 0 Å². The normalized spacial score (nSPS) is 11.2. The van der Waals surface area contributed by atoms with Crippen LogP contribution in [0.1, 0.15) is 96.8 Å². The van der Waals surface area contributed by atoms with Crippen molar-refractivity contribution in [1.29, 1.82) is 0 Å². The molecular weight excluding hydrogens is 305 g/mol. The van der Waals surface area contributed by atoms with Gasteiger partial charge < -0.3 is 22.6 Å². The quantitative estimate of drug-likeness (QED) is 0.215. The smallest absolute Gasteiger partial charge is 0.418 e. The lowest BCUT2D eigenvalue weighted by molar-refractivity contribution is -0.627. The van der Waals surface area contributed by atoms with Crippen LogP contribution >= 0.6 is 0 Å². The first-order valence-electron chi connectivity index (χ1n) is 9.57. The molecular formula is C17H38BF4N. The molecule has 2 N–H and O–H groups in total. The molecule has 0 aliphatic carbocycles. The lowest BCUT2D eigenvalue weighted by Gasteiger charge is -2.02. The Morgan fingerprint density at radius 2 is 0.826 bits per heavy atom. The van der Waals surface area contributed by atoms with Crippen LogP contribution in [0, 0.1) is 0 Å². The van der Waals surface area contributed by atoms with Crippen LogP contribution in [0.5, 0.6) is 0 Å². The molecule has 0 rings (SSSR count). The average Bonchev–Trinajstić information content (AvgIpc) is 2.46. The average molecular weight is 343 g/mol. The van der Waals surface area contributed by atoms with Crippen molar-refractivity contribution in [3.05, 3.63) is 0 Å². The van der Waals surface area contributed by atoms with Gasteiger partial charge in [0.15, 0.2) is 0 Å². The lowest BCUT2D eigenvalue weighted by Crippen LogP contribution is -2.79. The van der Waals surface area contributed by atoms with Crippen LogP contribution in [-0.2, 0) is 0 Å². The summed E-state index contributed by atoms with van der Waals surface area (Å²) < 4.78 is 39.0. The van der Waals surface area contributed by atoms with Crippen LogP contribution in [0.3, 0.4) is 0 Å². The molecule has 0 unspecified atom stereocenters. The fourth-order valence-electron chi connectivity index (χ4n) is 2.54. The molecule has 0 aliphatic heterocycles. The molecule has 142 valence electrons. The summed E-state index contributed by atoms with van der Waals surface area (Å²) in [5.74, 6) is 0. The Bertz CT molecular complexity index is 191. The van der Waals surface area contributed by atoms with Crippen LogP contribution in [0.15, 0.2) is 0 Å². The molecule has 0 spiro atoms. The van der Waals surface area contributed by atoms with Crippen molar-refractivity contribution in [2.24, 2.45) is 0 Å². The summed E-state index contributed by atoms with van der Waals surface area (Å²) in [6, 6.07) is 0. The number of halogens is 4. The molecule has 0 radical (unpaired) electrons. The summed E-state index contributed by atoms with van der Waals surface area (Å²) in [6.07, 6.45) is 20.4. The van der Waals surface area contributed by atoms with Gasteiger partial charge in [-0.3, -0.25) is 0 Å². The third kappa shape index (κ3) is 39.0. The molecule has 0 heterocycles. The first-order chi connectivity index (χ1) is 10.9. The van der Waals surface area contributed by atoms with Gasteiger partial charge in [0.1, 0.15) is 0 Å². The molecule has 0 saturated carbocycles. The zero-order valence-corrected chi connectivity index (χ0v) is 15.3. The number of quaternary nitrogens is 1. The van der Waals surface area contributed by atoms with E-state index in [1.807, 2.05) is 0 Å². The Hall–Kier alpha value is -0.255. The van der Waals surface area contributed by atoms with Crippen LogP contribution in [0.25, 0.3) is 0 Å². The SMILES string of the molecule is CCCCCCCCCCCCCCCC[NH2+]C.F[B-](F)(F)F. The molecule has 0 aromatic rings. The van der Waals surface area contributed by atoms with E-state index in [0.717, 1.165) is 0 Å². The minimum Gasteiger partial charge on any atom is -0.418 e. The molecule has 0 aliphatic rings. The van der Waals surface area contributed by atoms with Crippen LogP contribution < -0.4 is 5.32 Å². The number of hydrogen-bond acceptors (Lipinski definition) is 0. The molecule has 1 nitrogen and oxygen atoms in total. The topological polar surface area (TPSA) is 16.6 Å². The molecule has 0 amide bonds. The Kier molecular flexibility index (Phi) is 21.5. The van der Waals surface area contributed by atoms with Gasteiger partial charge in [0.2, 0.25) is 0 Å². The zero-order chi connectivity index (χ0) is 17.8. The van der Waals surface area contributed by atoms with Gasteiger partial charge in [0.05, 0.1) is 13.6 Å². The molecule has 0 saturated heterocycles. The third-order valence-electron chi connectivity index (χ3n) is 3.85. The van der Waals surface area contributed by atoms with Crippen molar-refractivity contribution in [3.8, 4) is 0 Å². The molecule has 0 aromatic heterocycles. The van der Waals surface area contributed by atoms with Gasteiger partial charge in [-0.05, 0) is 12.8 Å². The van der Waals surface area contributed by atoms with Gasteiger partial charge >= 0.3 is 7.25 Å². The standard InChI is InChI=1S/C17H37N.BF4/c1-3-4-5-6-7-8-9-10-11-12-13-14-15-16-17-18-2;2-1(3,4)5/h18H,3-17H2,1-2H3;/q;-1/p+1. The highest BCUT2D eigenvalue weighted by molar-refractivity contribution is 6.50. The summed E-state index contributed by atoms with van der Waals surface area (Å²) in [4.78, 5) is 0. The number of unbranched alkanes of at least 4 members (excludes halogenated alkanes) is 13. The van der Waals surface area contributed by atoms with Crippen molar-refractivity contribution >= 4 is 7.25 Å². The fourth-order valence-corrected chi connectivity index (χ4v) is 2.54. The second-order valence-corrected chi connectivity index (χ2v) is 6.29. The van der Waals surface area contributed by atoms with E-state index in [1.54, 1.807) is 0 Å². The van der Waals surface area contributed by atoms with Gasteiger partial charge in [-0.15, -0.1) is 0 Å². The minimum atomic E-state index is -6.00. The number of nitrogens with two attached hydrogens (primary N) is 1. The van der Waals surface area contributed by atoms with E-state index in [4.69, 9.17) is 0 Å². The van der Waals surface area contributed by atoms with Crippen molar-refractivity contribution in [1.82, 2.24) is 0 Å². The predicted molar refractivity (Wildman–Crippen MR) is 93.2 cm³/mol. The van der Waals surface area contributed by atoms with E-state index >= 15 is 0 Å².